The standard InChI is InChI=1S/C14H14N2O2S/c1-10-2-4-12(5-3-10)14(15)16-18-13(17)8-11-6-7-19-9-11/h2-7,9H,8H2,1H3,(H2,15,16). The van der Waals surface area contributed by atoms with E-state index in [1.807, 2.05) is 48.0 Å². The van der Waals surface area contributed by atoms with Gasteiger partial charge in [0, 0.05) is 5.56 Å². The fourth-order valence-corrected chi connectivity index (χ4v) is 2.14. The first kappa shape index (κ1) is 13.3. The minimum absolute atomic E-state index is 0.193. The molecule has 0 saturated heterocycles. The number of amidine groups is 1. The van der Waals surface area contributed by atoms with Crippen LogP contribution in [0.1, 0.15) is 16.7 Å². The Morgan fingerprint density at radius 3 is 2.68 bits per heavy atom. The molecule has 1 heterocycles. The minimum atomic E-state index is -0.423. The molecule has 2 N–H and O–H groups in total. The molecule has 0 radical (unpaired) electrons. The van der Waals surface area contributed by atoms with Gasteiger partial charge in [0.25, 0.3) is 0 Å². The van der Waals surface area contributed by atoms with Crippen molar-refractivity contribution in [2.45, 2.75) is 13.3 Å². The molecule has 2 aromatic rings. The molecule has 0 spiro atoms. The van der Waals surface area contributed by atoms with Crippen LogP contribution in [0.25, 0.3) is 0 Å². The molecule has 0 amide bonds. The van der Waals surface area contributed by atoms with E-state index in [4.69, 9.17) is 10.6 Å². The second-order valence-corrected chi connectivity index (χ2v) is 4.89. The van der Waals surface area contributed by atoms with Gasteiger partial charge in [0.2, 0.25) is 0 Å². The number of nitrogens with two attached hydrogens (primary N) is 1. The highest BCUT2D eigenvalue weighted by atomic mass is 32.1. The third-order valence-corrected chi connectivity index (χ3v) is 3.25. The number of aryl methyl sites for hydroxylation is 1. The summed E-state index contributed by atoms with van der Waals surface area (Å²) >= 11 is 1.54. The normalized spacial score (nSPS) is 11.3. The minimum Gasteiger partial charge on any atom is -0.380 e. The first-order valence-corrected chi connectivity index (χ1v) is 6.71. The van der Waals surface area contributed by atoms with Gasteiger partial charge >= 0.3 is 5.97 Å². The SMILES string of the molecule is Cc1ccc(/C(N)=N/OC(=O)Cc2ccsc2)cc1. The summed E-state index contributed by atoms with van der Waals surface area (Å²) in [6, 6.07) is 9.39. The van der Waals surface area contributed by atoms with Crippen molar-refractivity contribution in [1.29, 1.82) is 0 Å². The fraction of sp³-hybridized carbons (Fsp3) is 0.143. The zero-order valence-corrected chi connectivity index (χ0v) is 11.3. The van der Waals surface area contributed by atoms with Gasteiger partial charge in [-0.3, -0.25) is 0 Å². The molecule has 0 saturated carbocycles. The predicted molar refractivity (Wildman–Crippen MR) is 76.0 cm³/mol. The molecule has 0 unspecified atom stereocenters. The Morgan fingerprint density at radius 1 is 1.32 bits per heavy atom. The van der Waals surface area contributed by atoms with E-state index in [0.717, 1.165) is 16.7 Å². The lowest BCUT2D eigenvalue weighted by atomic mass is 10.1. The number of hydrogen-bond donors (Lipinski definition) is 1. The number of nitrogens with zero attached hydrogens (tertiary/aromatic N) is 1. The van der Waals surface area contributed by atoms with Crippen molar-refractivity contribution in [3.05, 3.63) is 57.8 Å². The van der Waals surface area contributed by atoms with E-state index in [9.17, 15) is 4.79 Å². The highest BCUT2D eigenvalue weighted by Crippen LogP contribution is 2.07. The maximum absolute atomic E-state index is 11.5. The van der Waals surface area contributed by atoms with Crippen molar-refractivity contribution in [2.24, 2.45) is 10.9 Å². The van der Waals surface area contributed by atoms with Crippen LogP contribution in [-0.4, -0.2) is 11.8 Å². The van der Waals surface area contributed by atoms with Crippen LogP contribution in [0, 0.1) is 6.92 Å². The molecule has 0 aliphatic heterocycles. The number of hydrogen-bond acceptors (Lipinski definition) is 4. The number of thiophene rings is 1. The summed E-state index contributed by atoms with van der Waals surface area (Å²) in [5.41, 5.74) is 8.52. The van der Waals surface area contributed by atoms with E-state index in [1.54, 1.807) is 0 Å². The van der Waals surface area contributed by atoms with E-state index in [0.29, 0.717) is 0 Å². The molecule has 0 fully saturated rings. The van der Waals surface area contributed by atoms with Gasteiger partial charge < -0.3 is 10.6 Å². The maximum atomic E-state index is 11.5. The van der Waals surface area contributed by atoms with Gasteiger partial charge in [-0.15, -0.1) is 0 Å². The van der Waals surface area contributed by atoms with Gasteiger partial charge in [-0.1, -0.05) is 35.0 Å². The molecule has 0 atom stereocenters. The van der Waals surface area contributed by atoms with E-state index in [2.05, 4.69) is 5.16 Å². The number of carbonyl (C=O) groups excluding carboxylic acids is 1. The Hall–Kier alpha value is -2.14. The molecule has 1 aromatic carbocycles. The summed E-state index contributed by atoms with van der Waals surface area (Å²) in [7, 11) is 0. The third-order valence-electron chi connectivity index (χ3n) is 2.52. The van der Waals surface area contributed by atoms with Crippen molar-refractivity contribution in [2.75, 3.05) is 0 Å². The highest BCUT2D eigenvalue weighted by Gasteiger charge is 2.06. The van der Waals surface area contributed by atoms with Crippen LogP contribution >= 0.6 is 11.3 Å². The Kier molecular flexibility index (Phi) is 4.30. The maximum Gasteiger partial charge on any atom is 0.339 e. The van der Waals surface area contributed by atoms with Crippen molar-refractivity contribution in [3.63, 3.8) is 0 Å². The van der Waals surface area contributed by atoms with Crippen LogP contribution < -0.4 is 5.73 Å². The van der Waals surface area contributed by atoms with Crippen molar-refractivity contribution < 1.29 is 9.63 Å². The van der Waals surface area contributed by atoms with Gasteiger partial charge in [0.1, 0.15) is 0 Å². The molecule has 0 bridgehead atoms. The third kappa shape index (κ3) is 3.93. The summed E-state index contributed by atoms with van der Waals surface area (Å²) in [6.07, 6.45) is 0.203. The number of rotatable bonds is 4. The Labute approximate surface area is 115 Å². The monoisotopic (exact) mass is 274 g/mol. The van der Waals surface area contributed by atoms with Gasteiger partial charge in [-0.25, -0.2) is 4.79 Å². The van der Waals surface area contributed by atoms with Gasteiger partial charge in [0.15, 0.2) is 5.84 Å². The number of benzene rings is 1. The van der Waals surface area contributed by atoms with Crippen molar-refractivity contribution in [1.82, 2.24) is 0 Å². The molecular formula is C14H14N2O2S. The van der Waals surface area contributed by atoms with E-state index >= 15 is 0 Å². The summed E-state index contributed by atoms with van der Waals surface area (Å²) in [5.74, 6) is -0.230. The van der Waals surface area contributed by atoms with Crippen molar-refractivity contribution >= 4 is 23.1 Å². The number of carbonyl (C=O) groups is 1. The predicted octanol–water partition coefficient (Wildman–Crippen LogP) is 2.46. The molecule has 1 aromatic heterocycles. The molecule has 19 heavy (non-hydrogen) atoms. The Balaban J connectivity index is 1.94. The first-order chi connectivity index (χ1) is 9.15. The molecule has 98 valence electrons. The Bertz CT molecular complexity index is 574. The quantitative estimate of drug-likeness (QED) is 0.403. The Morgan fingerprint density at radius 2 is 2.05 bits per heavy atom. The van der Waals surface area contributed by atoms with E-state index < -0.39 is 5.97 Å². The zero-order valence-electron chi connectivity index (χ0n) is 10.5. The lowest BCUT2D eigenvalue weighted by Gasteiger charge is -2.01. The number of oxime groups is 1. The van der Waals surface area contributed by atoms with Crippen LogP contribution in [0.4, 0.5) is 0 Å². The molecule has 0 aliphatic rings. The fourth-order valence-electron chi connectivity index (χ4n) is 1.47. The highest BCUT2D eigenvalue weighted by molar-refractivity contribution is 7.07. The van der Waals surface area contributed by atoms with Crippen molar-refractivity contribution in [3.8, 4) is 0 Å². The van der Waals surface area contributed by atoms with Crippen LogP contribution in [0.15, 0.2) is 46.2 Å². The van der Waals surface area contributed by atoms with Crippen LogP contribution in [0.5, 0.6) is 0 Å². The van der Waals surface area contributed by atoms with Crippen LogP contribution in [0.2, 0.25) is 0 Å². The second kappa shape index (κ2) is 6.15. The second-order valence-electron chi connectivity index (χ2n) is 4.11. The molecule has 4 nitrogen and oxygen atoms in total. The van der Waals surface area contributed by atoms with Gasteiger partial charge in [-0.05, 0) is 29.3 Å². The lowest BCUT2D eigenvalue weighted by Crippen LogP contribution is -2.15. The van der Waals surface area contributed by atoms with Crippen LogP contribution in [-0.2, 0) is 16.1 Å². The average molecular weight is 274 g/mol. The molecule has 5 heteroatoms. The van der Waals surface area contributed by atoms with Crippen LogP contribution in [0.3, 0.4) is 0 Å². The van der Waals surface area contributed by atoms with E-state index in [-0.39, 0.29) is 12.3 Å². The van der Waals surface area contributed by atoms with Gasteiger partial charge in [-0.2, -0.15) is 11.3 Å². The average Bonchev–Trinajstić information content (AvgIpc) is 2.89. The first-order valence-electron chi connectivity index (χ1n) is 5.76. The summed E-state index contributed by atoms with van der Waals surface area (Å²) in [5, 5.41) is 7.46. The molecule has 2 rings (SSSR count). The molecular weight excluding hydrogens is 260 g/mol. The topological polar surface area (TPSA) is 64.7 Å². The lowest BCUT2D eigenvalue weighted by molar-refractivity contribution is -0.142. The zero-order chi connectivity index (χ0) is 13.7. The molecule has 0 aliphatic carbocycles. The summed E-state index contributed by atoms with van der Waals surface area (Å²) in [4.78, 5) is 16.3. The summed E-state index contributed by atoms with van der Waals surface area (Å²) in [6.45, 7) is 1.98. The smallest absolute Gasteiger partial charge is 0.339 e. The van der Waals surface area contributed by atoms with Gasteiger partial charge in [0.05, 0.1) is 6.42 Å². The van der Waals surface area contributed by atoms with E-state index in [1.165, 1.54) is 11.3 Å². The largest absolute Gasteiger partial charge is 0.380 e. The summed E-state index contributed by atoms with van der Waals surface area (Å²) < 4.78 is 0.